The zero-order valence-electron chi connectivity index (χ0n) is 8.33. The highest BCUT2D eigenvalue weighted by atomic mass is 14.7. The molecular formula is C11H17N. The van der Waals surface area contributed by atoms with E-state index in [9.17, 15) is 0 Å². The molecule has 1 nitrogen and oxygen atoms in total. The molecule has 0 N–H and O–H groups in total. The summed E-state index contributed by atoms with van der Waals surface area (Å²) in [6.45, 7) is 8.69. The van der Waals surface area contributed by atoms with Gasteiger partial charge in [-0.25, -0.2) is 0 Å². The van der Waals surface area contributed by atoms with Crippen LogP contribution in [0.4, 0.5) is 0 Å². The van der Waals surface area contributed by atoms with Crippen molar-refractivity contribution in [1.82, 2.24) is 4.98 Å². The van der Waals surface area contributed by atoms with Crippen LogP contribution < -0.4 is 0 Å². The maximum atomic E-state index is 4.57. The monoisotopic (exact) mass is 163 g/mol. The first-order valence-electron chi connectivity index (χ1n) is 4.58. The molecule has 0 aliphatic heterocycles. The van der Waals surface area contributed by atoms with Gasteiger partial charge in [-0.15, -0.1) is 0 Å². The minimum Gasteiger partial charge on any atom is -0.257 e. The highest BCUT2D eigenvalue weighted by Crippen LogP contribution is 2.16. The van der Waals surface area contributed by atoms with E-state index in [1.165, 1.54) is 11.4 Å². The lowest BCUT2D eigenvalue weighted by atomic mass is 10.1. The third-order valence-corrected chi connectivity index (χ3v) is 1.98. The molecule has 0 saturated heterocycles. The summed E-state index contributed by atoms with van der Waals surface area (Å²) in [4.78, 5) is 4.57. The SMILES string of the molecule is CC(C)c1cccc(C(C)C)n1. The van der Waals surface area contributed by atoms with Crippen molar-refractivity contribution in [3.63, 3.8) is 0 Å². The number of hydrogen-bond acceptors (Lipinski definition) is 1. The number of rotatable bonds is 2. The van der Waals surface area contributed by atoms with Crippen LogP contribution in [0.3, 0.4) is 0 Å². The molecule has 1 heterocycles. The van der Waals surface area contributed by atoms with E-state index >= 15 is 0 Å². The molecule has 0 bridgehead atoms. The van der Waals surface area contributed by atoms with Crippen molar-refractivity contribution in [1.29, 1.82) is 0 Å². The van der Waals surface area contributed by atoms with E-state index in [-0.39, 0.29) is 0 Å². The number of hydrogen-bond donors (Lipinski definition) is 0. The van der Waals surface area contributed by atoms with Crippen molar-refractivity contribution in [2.75, 3.05) is 0 Å². The summed E-state index contributed by atoms with van der Waals surface area (Å²) in [5, 5.41) is 0. The fraction of sp³-hybridized carbons (Fsp3) is 0.545. The standard InChI is InChI=1S/C11H17N/c1-8(2)10-6-5-7-11(12-10)9(3)4/h5-9H,1-4H3. The Balaban J connectivity index is 2.96. The largest absolute Gasteiger partial charge is 0.257 e. The first-order valence-corrected chi connectivity index (χ1v) is 4.58. The highest BCUT2D eigenvalue weighted by molar-refractivity contribution is 5.15. The second-order valence-corrected chi connectivity index (χ2v) is 3.80. The molecule has 0 unspecified atom stereocenters. The van der Waals surface area contributed by atoms with Crippen molar-refractivity contribution in [3.05, 3.63) is 29.6 Å². The van der Waals surface area contributed by atoms with Crippen LogP contribution in [0.15, 0.2) is 18.2 Å². The summed E-state index contributed by atoms with van der Waals surface area (Å²) >= 11 is 0. The van der Waals surface area contributed by atoms with Crippen LogP contribution >= 0.6 is 0 Å². The van der Waals surface area contributed by atoms with Gasteiger partial charge < -0.3 is 0 Å². The Kier molecular flexibility index (Phi) is 2.85. The second-order valence-electron chi connectivity index (χ2n) is 3.80. The van der Waals surface area contributed by atoms with Crippen LogP contribution in [-0.2, 0) is 0 Å². The van der Waals surface area contributed by atoms with E-state index in [2.05, 4.69) is 50.9 Å². The minimum absolute atomic E-state index is 0.531. The van der Waals surface area contributed by atoms with Crippen molar-refractivity contribution < 1.29 is 0 Å². The number of nitrogens with zero attached hydrogens (tertiary/aromatic N) is 1. The molecule has 0 fully saturated rings. The molecule has 0 spiro atoms. The summed E-state index contributed by atoms with van der Waals surface area (Å²) < 4.78 is 0. The maximum Gasteiger partial charge on any atom is 0.0432 e. The number of pyridine rings is 1. The molecule has 0 aromatic carbocycles. The Morgan fingerprint density at radius 3 is 1.67 bits per heavy atom. The van der Waals surface area contributed by atoms with Crippen molar-refractivity contribution >= 4 is 0 Å². The minimum atomic E-state index is 0.531. The molecule has 1 heteroatoms. The zero-order chi connectivity index (χ0) is 9.14. The molecule has 0 aliphatic carbocycles. The van der Waals surface area contributed by atoms with Gasteiger partial charge in [0.25, 0.3) is 0 Å². The Morgan fingerprint density at radius 2 is 1.33 bits per heavy atom. The molecule has 1 aromatic rings. The summed E-state index contributed by atoms with van der Waals surface area (Å²) in [5.41, 5.74) is 2.39. The fourth-order valence-corrected chi connectivity index (χ4v) is 1.11. The first-order chi connectivity index (χ1) is 5.61. The predicted octanol–water partition coefficient (Wildman–Crippen LogP) is 3.33. The van der Waals surface area contributed by atoms with Gasteiger partial charge in [-0.3, -0.25) is 4.98 Å². The number of aromatic nitrogens is 1. The van der Waals surface area contributed by atoms with Crippen LogP contribution in [0.1, 0.15) is 50.9 Å². The first kappa shape index (κ1) is 9.24. The molecule has 12 heavy (non-hydrogen) atoms. The maximum absolute atomic E-state index is 4.57. The van der Waals surface area contributed by atoms with Crippen molar-refractivity contribution in [2.24, 2.45) is 0 Å². The van der Waals surface area contributed by atoms with Gasteiger partial charge >= 0.3 is 0 Å². The van der Waals surface area contributed by atoms with Crippen LogP contribution in [0.5, 0.6) is 0 Å². The Bertz CT molecular complexity index is 228. The van der Waals surface area contributed by atoms with E-state index in [1.54, 1.807) is 0 Å². The topological polar surface area (TPSA) is 12.9 Å². The van der Waals surface area contributed by atoms with Crippen molar-refractivity contribution in [3.8, 4) is 0 Å². The van der Waals surface area contributed by atoms with Gasteiger partial charge in [0, 0.05) is 11.4 Å². The normalized spacial score (nSPS) is 11.2. The Morgan fingerprint density at radius 1 is 0.917 bits per heavy atom. The molecule has 0 radical (unpaired) electrons. The third-order valence-electron chi connectivity index (χ3n) is 1.98. The van der Waals surface area contributed by atoms with Gasteiger partial charge in [0.2, 0.25) is 0 Å². The Hall–Kier alpha value is -0.850. The lowest BCUT2D eigenvalue weighted by Crippen LogP contribution is -1.98. The smallest absolute Gasteiger partial charge is 0.0432 e. The summed E-state index contributed by atoms with van der Waals surface area (Å²) in [5.74, 6) is 1.06. The zero-order valence-corrected chi connectivity index (χ0v) is 8.33. The predicted molar refractivity (Wildman–Crippen MR) is 52.4 cm³/mol. The molecule has 1 rings (SSSR count). The van der Waals surface area contributed by atoms with Gasteiger partial charge in [-0.05, 0) is 24.0 Å². The lowest BCUT2D eigenvalue weighted by Gasteiger charge is -2.08. The third kappa shape index (κ3) is 2.07. The molecule has 0 amide bonds. The lowest BCUT2D eigenvalue weighted by molar-refractivity contribution is 0.765. The molecule has 0 atom stereocenters. The van der Waals surface area contributed by atoms with Crippen LogP contribution in [0.25, 0.3) is 0 Å². The van der Waals surface area contributed by atoms with Gasteiger partial charge in [-0.1, -0.05) is 33.8 Å². The molecule has 66 valence electrons. The summed E-state index contributed by atoms with van der Waals surface area (Å²) in [6, 6.07) is 6.28. The second kappa shape index (κ2) is 3.70. The van der Waals surface area contributed by atoms with Crippen LogP contribution in [0.2, 0.25) is 0 Å². The van der Waals surface area contributed by atoms with Gasteiger partial charge in [0.05, 0.1) is 0 Å². The molecule has 0 aliphatic rings. The van der Waals surface area contributed by atoms with E-state index in [0.717, 1.165) is 0 Å². The van der Waals surface area contributed by atoms with Crippen LogP contribution in [-0.4, -0.2) is 4.98 Å². The van der Waals surface area contributed by atoms with Crippen LogP contribution in [0, 0.1) is 0 Å². The van der Waals surface area contributed by atoms with Crippen molar-refractivity contribution in [2.45, 2.75) is 39.5 Å². The van der Waals surface area contributed by atoms with Gasteiger partial charge in [0.15, 0.2) is 0 Å². The highest BCUT2D eigenvalue weighted by Gasteiger charge is 2.03. The Labute approximate surface area is 74.8 Å². The quantitative estimate of drug-likeness (QED) is 0.651. The van der Waals surface area contributed by atoms with Gasteiger partial charge in [-0.2, -0.15) is 0 Å². The van der Waals surface area contributed by atoms with Gasteiger partial charge in [0.1, 0.15) is 0 Å². The molecule has 0 saturated carbocycles. The fourth-order valence-electron chi connectivity index (χ4n) is 1.11. The van der Waals surface area contributed by atoms with E-state index in [0.29, 0.717) is 11.8 Å². The van der Waals surface area contributed by atoms with E-state index < -0.39 is 0 Å². The summed E-state index contributed by atoms with van der Waals surface area (Å²) in [7, 11) is 0. The molecule has 1 aromatic heterocycles. The van der Waals surface area contributed by atoms with E-state index in [1.807, 2.05) is 0 Å². The molecular weight excluding hydrogens is 146 g/mol. The summed E-state index contributed by atoms with van der Waals surface area (Å²) in [6.07, 6.45) is 0. The average Bonchev–Trinajstić information content (AvgIpc) is 2.04. The average molecular weight is 163 g/mol. The van der Waals surface area contributed by atoms with E-state index in [4.69, 9.17) is 0 Å².